The van der Waals surface area contributed by atoms with Gasteiger partial charge in [-0.3, -0.25) is 10.3 Å². The molecule has 0 saturated carbocycles. The molecule has 11 nitrogen and oxygen atoms in total. The summed E-state index contributed by atoms with van der Waals surface area (Å²) in [4.78, 5) is 24.0. The Labute approximate surface area is 177 Å². The maximum absolute atomic E-state index is 12.1. The first-order valence-electron chi connectivity index (χ1n) is 9.56. The summed E-state index contributed by atoms with van der Waals surface area (Å²) in [7, 11) is 1.62. The third kappa shape index (κ3) is 4.60. The minimum Gasteiger partial charge on any atom is -0.497 e. The second-order valence-corrected chi connectivity index (χ2v) is 7.78. The molecule has 31 heavy (non-hydrogen) atoms. The zero-order chi connectivity index (χ0) is 22.0. The lowest BCUT2D eigenvalue weighted by atomic mass is 10.2. The van der Waals surface area contributed by atoms with Crippen molar-refractivity contribution in [3.05, 3.63) is 42.1 Å². The molecule has 0 atom stereocenters. The molecule has 0 saturated heterocycles. The zero-order valence-corrected chi connectivity index (χ0v) is 17.6. The highest BCUT2D eigenvalue weighted by Gasteiger charge is 2.20. The van der Waals surface area contributed by atoms with Crippen molar-refractivity contribution in [2.45, 2.75) is 32.9 Å². The molecule has 0 aliphatic rings. The monoisotopic (exact) mass is 422 g/mol. The van der Waals surface area contributed by atoms with Gasteiger partial charge < -0.3 is 14.5 Å². The van der Waals surface area contributed by atoms with Gasteiger partial charge in [-0.1, -0.05) is 12.1 Å². The first-order valence-corrected chi connectivity index (χ1v) is 9.56. The number of carbonyl (C=O) groups excluding carboxylic acids is 1. The number of methoxy groups -OCH3 is 1. The number of amides is 1. The van der Waals surface area contributed by atoms with Crippen molar-refractivity contribution in [1.82, 2.24) is 35.2 Å². The highest BCUT2D eigenvalue weighted by Crippen LogP contribution is 2.25. The topological polar surface area (TPSA) is 133 Å². The Bertz CT molecular complexity index is 1210. The number of hydrogen-bond donors (Lipinski definition) is 2. The summed E-state index contributed by atoms with van der Waals surface area (Å²) in [5, 5.41) is 14.6. The van der Waals surface area contributed by atoms with Gasteiger partial charge in [0.1, 0.15) is 22.6 Å². The normalized spacial score (nSPS) is 11.5. The van der Waals surface area contributed by atoms with Crippen molar-refractivity contribution >= 4 is 23.1 Å². The van der Waals surface area contributed by atoms with Gasteiger partial charge in [-0.05, 0) is 55.0 Å². The van der Waals surface area contributed by atoms with Gasteiger partial charge >= 0.3 is 6.09 Å². The second-order valence-electron chi connectivity index (χ2n) is 7.78. The standard InChI is InChI=1S/C20H22N8O3/c1-20(2,3)31-19(29)24-18-22-14-9-10-21-16(15(14)23-18)17-25-26-27-28(17)11-12-5-7-13(30-4)8-6-12/h5-10H,11H2,1-4H3,(H2,22,23,24,29). The molecule has 0 aliphatic heterocycles. The van der Waals surface area contributed by atoms with E-state index in [-0.39, 0.29) is 5.95 Å². The number of ether oxygens (including phenoxy) is 2. The molecule has 3 aromatic heterocycles. The number of carbonyl (C=O) groups is 1. The number of aromatic nitrogens is 7. The van der Waals surface area contributed by atoms with Crippen LogP contribution in [0.2, 0.25) is 0 Å². The van der Waals surface area contributed by atoms with Gasteiger partial charge in [0.2, 0.25) is 11.8 Å². The Balaban J connectivity index is 1.62. The summed E-state index contributed by atoms with van der Waals surface area (Å²) in [6.07, 6.45) is 1.02. The second kappa shape index (κ2) is 8.01. The average Bonchev–Trinajstić information content (AvgIpc) is 3.33. The first-order chi connectivity index (χ1) is 14.8. The number of pyridine rings is 1. The number of nitrogens with one attached hydrogen (secondary N) is 2. The molecule has 1 amide bonds. The average molecular weight is 422 g/mol. The molecule has 0 fully saturated rings. The molecule has 0 spiro atoms. The maximum atomic E-state index is 12.1. The number of benzene rings is 1. The Morgan fingerprint density at radius 3 is 2.68 bits per heavy atom. The van der Waals surface area contributed by atoms with Crippen LogP contribution in [0.15, 0.2) is 36.5 Å². The fraction of sp³-hybridized carbons (Fsp3) is 0.300. The van der Waals surface area contributed by atoms with Gasteiger partial charge in [-0.2, -0.15) is 0 Å². The third-order valence-corrected chi connectivity index (χ3v) is 4.26. The molecule has 3 heterocycles. The Morgan fingerprint density at radius 2 is 1.97 bits per heavy atom. The fourth-order valence-corrected chi connectivity index (χ4v) is 2.94. The lowest BCUT2D eigenvalue weighted by Gasteiger charge is -2.18. The summed E-state index contributed by atoms with van der Waals surface area (Å²) < 4.78 is 12.1. The number of tetrazole rings is 1. The molecule has 0 bridgehead atoms. The van der Waals surface area contributed by atoms with Crippen LogP contribution in [0, 0.1) is 0 Å². The summed E-state index contributed by atoms with van der Waals surface area (Å²) in [5.74, 6) is 1.47. The van der Waals surface area contributed by atoms with Crippen molar-refractivity contribution in [3.8, 4) is 17.3 Å². The van der Waals surface area contributed by atoms with Crippen LogP contribution in [-0.2, 0) is 11.3 Å². The molecule has 4 rings (SSSR count). The van der Waals surface area contributed by atoms with Crippen molar-refractivity contribution in [2.75, 3.05) is 12.4 Å². The minimum atomic E-state index is -0.619. The first kappa shape index (κ1) is 20.3. The van der Waals surface area contributed by atoms with E-state index in [1.807, 2.05) is 24.3 Å². The maximum Gasteiger partial charge on any atom is 0.414 e. The van der Waals surface area contributed by atoms with Crippen LogP contribution in [0.1, 0.15) is 26.3 Å². The zero-order valence-electron chi connectivity index (χ0n) is 17.6. The highest BCUT2D eigenvalue weighted by atomic mass is 16.6. The van der Waals surface area contributed by atoms with Crippen molar-refractivity contribution in [1.29, 1.82) is 0 Å². The molecule has 1 aromatic carbocycles. The molecular weight excluding hydrogens is 400 g/mol. The van der Waals surface area contributed by atoms with E-state index >= 15 is 0 Å². The molecule has 4 aromatic rings. The molecule has 0 unspecified atom stereocenters. The lowest BCUT2D eigenvalue weighted by molar-refractivity contribution is 0.0635. The fourth-order valence-electron chi connectivity index (χ4n) is 2.94. The van der Waals surface area contributed by atoms with Crippen LogP contribution in [0.3, 0.4) is 0 Å². The van der Waals surface area contributed by atoms with E-state index in [9.17, 15) is 4.79 Å². The highest BCUT2D eigenvalue weighted by molar-refractivity contribution is 5.91. The number of H-pyrrole nitrogens is 1. The Hall–Kier alpha value is -4.02. The van der Waals surface area contributed by atoms with Gasteiger partial charge in [-0.15, -0.1) is 5.10 Å². The quantitative estimate of drug-likeness (QED) is 0.501. The number of anilines is 1. The summed E-state index contributed by atoms with van der Waals surface area (Å²) >= 11 is 0. The van der Waals surface area contributed by atoms with Crippen molar-refractivity contribution in [3.63, 3.8) is 0 Å². The number of fused-ring (bicyclic) bond motifs is 1. The van der Waals surface area contributed by atoms with Crippen LogP contribution >= 0.6 is 0 Å². The largest absolute Gasteiger partial charge is 0.497 e. The van der Waals surface area contributed by atoms with Crippen LogP contribution in [0.25, 0.3) is 22.6 Å². The van der Waals surface area contributed by atoms with Gasteiger partial charge in [-0.25, -0.2) is 14.5 Å². The van der Waals surface area contributed by atoms with E-state index in [1.54, 1.807) is 44.8 Å². The Kier molecular flexibility index (Phi) is 5.24. The van der Waals surface area contributed by atoms with E-state index in [0.29, 0.717) is 29.1 Å². The van der Waals surface area contributed by atoms with Gasteiger partial charge in [0.25, 0.3) is 0 Å². The number of aromatic amines is 1. The molecule has 2 N–H and O–H groups in total. The van der Waals surface area contributed by atoms with E-state index < -0.39 is 11.7 Å². The van der Waals surface area contributed by atoms with Crippen molar-refractivity contribution < 1.29 is 14.3 Å². The Morgan fingerprint density at radius 1 is 1.19 bits per heavy atom. The number of rotatable bonds is 5. The molecule has 0 aliphatic carbocycles. The summed E-state index contributed by atoms with van der Waals surface area (Å²) in [6.45, 7) is 5.81. The predicted octanol–water partition coefficient (Wildman–Crippen LogP) is 3.02. The van der Waals surface area contributed by atoms with Crippen LogP contribution in [0.5, 0.6) is 5.75 Å². The SMILES string of the molecule is COc1ccc(Cn2nnnc2-c2nccc3[nH]c(NC(=O)OC(C)(C)C)nc23)cc1. The minimum absolute atomic E-state index is 0.243. The van der Waals surface area contributed by atoms with E-state index in [4.69, 9.17) is 9.47 Å². The van der Waals surface area contributed by atoms with Crippen molar-refractivity contribution in [2.24, 2.45) is 0 Å². The van der Waals surface area contributed by atoms with Gasteiger partial charge in [0, 0.05) is 6.20 Å². The predicted molar refractivity (Wildman–Crippen MR) is 113 cm³/mol. The molecule has 160 valence electrons. The van der Waals surface area contributed by atoms with E-state index in [2.05, 4.69) is 35.8 Å². The summed E-state index contributed by atoms with van der Waals surface area (Å²) in [6, 6.07) is 9.39. The van der Waals surface area contributed by atoms with Crippen LogP contribution < -0.4 is 10.1 Å². The number of nitrogens with zero attached hydrogens (tertiary/aromatic N) is 6. The molecule has 0 radical (unpaired) electrons. The molecular formula is C20H22N8O3. The van der Waals surface area contributed by atoms with E-state index in [1.165, 1.54) is 0 Å². The molecule has 11 heteroatoms. The lowest BCUT2D eigenvalue weighted by Crippen LogP contribution is -2.27. The summed E-state index contributed by atoms with van der Waals surface area (Å²) in [5.41, 5.74) is 2.07. The van der Waals surface area contributed by atoms with Crippen LogP contribution in [0.4, 0.5) is 10.7 Å². The van der Waals surface area contributed by atoms with Gasteiger partial charge in [0.05, 0.1) is 19.2 Å². The van der Waals surface area contributed by atoms with Gasteiger partial charge in [0.15, 0.2) is 0 Å². The van der Waals surface area contributed by atoms with E-state index in [0.717, 1.165) is 11.3 Å². The number of imidazole rings is 1. The van der Waals surface area contributed by atoms with Crippen LogP contribution in [-0.4, -0.2) is 54.0 Å². The smallest absolute Gasteiger partial charge is 0.414 e. The third-order valence-electron chi connectivity index (χ3n) is 4.26. The number of hydrogen-bond acceptors (Lipinski definition) is 8.